The van der Waals surface area contributed by atoms with Gasteiger partial charge in [0, 0.05) is 0 Å². The molecular formula is C32H50MoN6O6. The van der Waals surface area contributed by atoms with Crippen molar-refractivity contribution in [2.75, 3.05) is 13.1 Å². The van der Waals surface area contributed by atoms with Gasteiger partial charge in [-0.25, -0.2) is 0 Å². The van der Waals surface area contributed by atoms with Gasteiger partial charge < -0.3 is 0 Å². The molecular weight excluding hydrogens is 660 g/mol. The molecule has 250 valence electrons. The van der Waals surface area contributed by atoms with Crippen LogP contribution in [-0.2, 0) is 48.1 Å². The predicted octanol–water partition coefficient (Wildman–Crippen LogP) is 0.611. The van der Waals surface area contributed by atoms with Crippen molar-refractivity contribution in [3.8, 4) is 0 Å². The molecule has 0 aromatic carbocycles. The molecule has 2 heterocycles. The number of carbonyl (C=O) groups excluding carboxylic acids is 6. The number of hydrogen-bond donors (Lipinski definition) is 5. The fourth-order valence-corrected chi connectivity index (χ4v) is 7.55. The van der Waals surface area contributed by atoms with E-state index in [1.807, 2.05) is 13.8 Å². The third-order valence-electron chi connectivity index (χ3n) is 9.04. The zero-order valence-corrected chi connectivity index (χ0v) is 29.2. The second-order valence-corrected chi connectivity index (χ2v) is 14.5. The van der Waals surface area contributed by atoms with Crippen molar-refractivity contribution < 1.29 is 48.1 Å². The number of Topliss-reactive ketones (excluding diaryl/α,β-unsaturated/α-hetero) is 1. The predicted molar refractivity (Wildman–Crippen MR) is 166 cm³/mol. The van der Waals surface area contributed by atoms with Crippen molar-refractivity contribution in [1.82, 2.24) is 26.2 Å². The molecule has 4 amide bonds. The monoisotopic (exact) mass is 712 g/mol. The number of ketones is 2. The molecule has 12 nitrogen and oxygen atoms in total. The van der Waals surface area contributed by atoms with E-state index in [1.54, 1.807) is 38.1 Å². The van der Waals surface area contributed by atoms with Crippen LogP contribution in [0.4, 0.5) is 0 Å². The van der Waals surface area contributed by atoms with Crippen molar-refractivity contribution >= 4 is 39.2 Å². The van der Waals surface area contributed by atoms with Crippen LogP contribution in [0.3, 0.4) is 0 Å². The number of nitrogens with one attached hydrogen (secondary N) is 4. The molecule has 6 N–H and O–H groups in total. The molecule has 2 aliphatic heterocycles. The summed E-state index contributed by atoms with van der Waals surface area (Å²) >= 11 is 1.74. The minimum atomic E-state index is -0.942. The minimum absolute atomic E-state index is 0.138. The second-order valence-electron chi connectivity index (χ2n) is 13.4. The van der Waals surface area contributed by atoms with Gasteiger partial charge in [0.05, 0.1) is 0 Å². The van der Waals surface area contributed by atoms with E-state index in [0.717, 1.165) is 31.8 Å². The van der Waals surface area contributed by atoms with Crippen LogP contribution in [0, 0.1) is 23.7 Å². The Bertz CT molecular complexity index is 1200. The van der Waals surface area contributed by atoms with E-state index >= 15 is 0 Å². The first-order chi connectivity index (χ1) is 21.2. The fraction of sp³-hybridized carbons (Fsp3) is 0.719. The summed E-state index contributed by atoms with van der Waals surface area (Å²) < 4.78 is 0.677. The summed E-state index contributed by atoms with van der Waals surface area (Å²) in [4.78, 5) is 79.0. The van der Waals surface area contributed by atoms with E-state index < -0.39 is 41.6 Å². The summed E-state index contributed by atoms with van der Waals surface area (Å²) in [5.74, 6) is -2.80. The molecule has 1 aliphatic carbocycles. The molecule has 3 rings (SSSR count). The summed E-state index contributed by atoms with van der Waals surface area (Å²) in [7, 11) is 0. The first-order valence-corrected chi connectivity index (χ1v) is 17.2. The Hall–Kier alpha value is -2.72. The Kier molecular flexibility index (Phi) is 13.7. The van der Waals surface area contributed by atoms with Gasteiger partial charge in [0.25, 0.3) is 0 Å². The molecule has 3 aliphatic rings. The zero-order valence-electron chi connectivity index (χ0n) is 27.1. The molecule has 0 aromatic rings. The third-order valence-corrected chi connectivity index (χ3v) is 9.99. The normalized spacial score (nSPS) is 23.9. The number of carbonyl (C=O) groups is 6. The molecule has 45 heavy (non-hydrogen) atoms. The van der Waals surface area contributed by atoms with E-state index in [1.165, 1.54) is 13.3 Å². The van der Waals surface area contributed by atoms with Gasteiger partial charge in [0.1, 0.15) is 0 Å². The van der Waals surface area contributed by atoms with Crippen LogP contribution >= 0.6 is 0 Å². The second kappa shape index (κ2) is 16.7. The molecule has 5 atom stereocenters. The molecule has 0 bridgehead atoms. The molecule has 1 unspecified atom stereocenters. The van der Waals surface area contributed by atoms with E-state index in [0.29, 0.717) is 35.9 Å². The molecule has 0 spiro atoms. The first kappa shape index (κ1) is 36.7. The van der Waals surface area contributed by atoms with Crippen LogP contribution in [0.2, 0.25) is 0 Å². The number of rotatable bonds is 14. The third kappa shape index (κ3) is 10.1. The van der Waals surface area contributed by atoms with Gasteiger partial charge in [-0.1, -0.05) is 0 Å². The number of likely N-dealkylation sites (tertiary alicyclic amines) is 1. The van der Waals surface area contributed by atoms with Gasteiger partial charge in [-0.05, 0) is 0 Å². The molecule has 2 saturated heterocycles. The van der Waals surface area contributed by atoms with Crippen LogP contribution in [-0.4, -0.2) is 81.4 Å². The average molecular weight is 711 g/mol. The molecule has 0 radical (unpaired) electrons. The van der Waals surface area contributed by atoms with Gasteiger partial charge in [0.2, 0.25) is 0 Å². The SMILES string of the molecule is CC(=O)/C=C(\N)C(=O)N[C@H](C(=O)N1C[C@H](C2CCCCC2)CC1[C](=[Mo])N[C@@H](C[C@@H]1CCNC1=O)C(=O)C(=O)NC(C)C)C(C)C. The van der Waals surface area contributed by atoms with Crippen molar-refractivity contribution in [3.05, 3.63) is 11.8 Å². The molecule has 0 aromatic heterocycles. The Labute approximate surface area is 277 Å². The average Bonchev–Trinajstić information content (AvgIpc) is 3.60. The maximum absolute atomic E-state index is 14.2. The van der Waals surface area contributed by atoms with Gasteiger partial charge in [-0.15, -0.1) is 0 Å². The summed E-state index contributed by atoms with van der Waals surface area (Å²) in [5, 5.41) is 11.5. The maximum atomic E-state index is 14.2. The van der Waals surface area contributed by atoms with Crippen molar-refractivity contribution in [1.29, 1.82) is 0 Å². The number of allylic oxidation sites excluding steroid dienone is 1. The summed E-state index contributed by atoms with van der Waals surface area (Å²) in [6.07, 6.45) is 8.15. The summed E-state index contributed by atoms with van der Waals surface area (Å²) in [6, 6.07) is -2.46. The van der Waals surface area contributed by atoms with Gasteiger partial charge in [-0.3, -0.25) is 0 Å². The van der Waals surface area contributed by atoms with Gasteiger partial charge in [-0.2, -0.15) is 0 Å². The van der Waals surface area contributed by atoms with Crippen molar-refractivity contribution in [2.45, 2.75) is 110 Å². The number of nitrogens with two attached hydrogens (primary N) is 1. The van der Waals surface area contributed by atoms with E-state index in [9.17, 15) is 28.8 Å². The Morgan fingerprint density at radius 1 is 0.978 bits per heavy atom. The number of hydrogen-bond acceptors (Lipinski definition) is 8. The summed E-state index contributed by atoms with van der Waals surface area (Å²) in [5.41, 5.74) is 5.56. The van der Waals surface area contributed by atoms with E-state index in [2.05, 4.69) is 21.3 Å². The molecule has 3 fully saturated rings. The van der Waals surface area contributed by atoms with Crippen LogP contribution < -0.4 is 27.0 Å². The zero-order chi connectivity index (χ0) is 33.4. The Balaban J connectivity index is 1.89. The molecule has 1 saturated carbocycles. The van der Waals surface area contributed by atoms with Gasteiger partial charge in [0.15, 0.2) is 0 Å². The van der Waals surface area contributed by atoms with Crippen LogP contribution in [0.5, 0.6) is 0 Å². The topological polar surface area (TPSA) is 180 Å². The Morgan fingerprint density at radius 3 is 2.20 bits per heavy atom. The van der Waals surface area contributed by atoms with Gasteiger partial charge >= 0.3 is 278 Å². The van der Waals surface area contributed by atoms with E-state index in [-0.39, 0.29) is 47.6 Å². The van der Waals surface area contributed by atoms with Crippen molar-refractivity contribution in [2.24, 2.45) is 29.4 Å². The molecule has 13 heteroatoms. The number of amides is 4. The first-order valence-electron chi connectivity index (χ1n) is 16.2. The number of nitrogens with zero attached hydrogens (tertiary/aromatic N) is 1. The van der Waals surface area contributed by atoms with Crippen LogP contribution in [0.15, 0.2) is 11.8 Å². The van der Waals surface area contributed by atoms with E-state index in [4.69, 9.17) is 5.73 Å². The fourth-order valence-electron chi connectivity index (χ4n) is 6.65. The Morgan fingerprint density at radius 2 is 1.64 bits per heavy atom. The quantitative estimate of drug-likeness (QED) is 0.0989. The van der Waals surface area contributed by atoms with Crippen molar-refractivity contribution in [3.63, 3.8) is 0 Å². The standard InChI is InChI=1S/C32H50N6O6.Mo/c1-18(2)27(37-30(42)25(33)13-20(5)39)32(44)38-17-23(21-9-7-6-8-10-21)14-24(38)16-35-26(15-22-11-12-34-29(22)41)28(40)31(43)36-19(3)4;/h13,18-19,21-24,26-27,35H,6-12,14-15,17,33H2,1-5H3,(H,34,41)(H,36,43)(H,37,42);/b25-13-;/t22-,23+,24?,26-,27-;/m0./s1. The van der Waals surface area contributed by atoms with Crippen LogP contribution in [0.1, 0.15) is 86.0 Å². The van der Waals surface area contributed by atoms with Crippen LogP contribution in [0.25, 0.3) is 0 Å². The summed E-state index contributed by atoms with van der Waals surface area (Å²) in [6.45, 7) is 9.54.